The fraction of sp³-hybridized carbons (Fsp3) is 0.0588. The molecular formula is C17H15ClN2O. The van der Waals surface area contributed by atoms with Crippen molar-refractivity contribution in [1.82, 2.24) is 4.98 Å². The molecule has 0 saturated carbocycles. The summed E-state index contributed by atoms with van der Waals surface area (Å²) in [6, 6.07) is 15.3. The van der Waals surface area contributed by atoms with Crippen LogP contribution in [0.2, 0.25) is 0 Å². The predicted octanol–water partition coefficient (Wildman–Crippen LogP) is -0.0607. The first kappa shape index (κ1) is 15.0. The molecule has 0 aliphatic heterocycles. The summed E-state index contributed by atoms with van der Waals surface area (Å²) in [4.78, 5) is 4.47. The molecule has 0 fully saturated rings. The largest absolute Gasteiger partial charge is 1.00 e. The molecular weight excluding hydrogens is 284 g/mol. The van der Waals surface area contributed by atoms with Crippen LogP contribution in [0.5, 0.6) is 5.75 Å². The molecule has 1 aromatic carbocycles. The number of phenols is 1. The van der Waals surface area contributed by atoms with Gasteiger partial charge < -0.3 is 17.5 Å². The summed E-state index contributed by atoms with van der Waals surface area (Å²) in [6.45, 7) is 0. The van der Waals surface area contributed by atoms with Crippen molar-refractivity contribution in [2.24, 2.45) is 7.05 Å². The van der Waals surface area contributed by atoms with Gasteiger partial charge in [0.25, 0.3) is 0 Å². The maximum Gasteiger partial charge on any atom is 0.204 e. The van der Waals surface area contributed by atoms with E-state index in [9.17, 15) is 5.11 Å². The quantitative estimate of drug-likeness (QED) is 0.673. The van der Waals surface area contributed by atoms with Gasteiger partial charge in [0.1, 0.15) is 18.3 Å². The molecule has 2 heterocycles. The number of hydrogen-bond donors (Lipinski definition) is 1. The number of benzene rings is 1. The van der Waals surface area contributed by atoms with Gasteiger partial charge in [-0.2, -0.15) is 0 Å². The van der Waals surface area contributed by atoms with Crippen molar-refractivity contribution in [3.05, 3.63) is 66.1 Å². The fourth-order valence-corrected chi connectivity index (χ4v) is 2.12. The third-order valence-corrected chi connectivity index (χ3v) is 3.24. The van der Waals surface area contributed by atoms with Gasteiger partial charge in [-0.25, -0.2) is 9.55 Å². The first-order valence-electron chi connectivity index (χ1n) is 6.45. The van der Waals surface area contributed by atoms with Gasteiger partial charge in [0, 0.05) is 23.6 Å². The highest BCUT2D eigenvalue weighted by molar-refractivity contribution is 5.85. The molecule has 0 atom stereocenters. The Bertz CT molecular complexity index is 800. The first-order valence-corrected chi connectivity index (χ1v) is 6.45. The van der Waals surface area contributed by atoms with Gasteiger partial charge in [0.2, 0.25) is 5.69 Å². The zero-order valence-electron chi connectivity index (χ0n) is 11.6. The Morgan fingerprint density at radius 3 is 2.67 bits per heavy atom. The molecule has 3 aromatic rings. The van der Waals surface area contributed by atoms with Gasteiger partial charge in [-0.15, -0.1) is 0 Å². The monoisotopic (exact) mass is 298 g/mol. The lowest BCUT2D eigenvalue weighted by Crippen LogP contribution is -3.00. The average molecular weight is 299 g/mol. The Labute approximate surface area is 129 Å². The molecule has 0 aliphatic carbocycles. The van der Waals surface area contributed by atoms with Gasteiger partial charge in [-0.1, -0.05) is 18.2 Å². The summed E-state index contributed by atoms with van der Waals surface area (Å²) in [5.74, 6) is 0.211. The van der Waals surface area contributed by atoms with E-state index in [1.807, 2.05) is 72.4 Å². The molecule has 21 heavy (non-hydrogen) atoms. The average Bonchev–Trinajstić information content (AvgIpc) is 2.47. The molecule has 0 saturated heterocycles. The summed E-state index contributed by atoms with van der Waals surface area (Å²) in [5.41, 5.74) is 2.54. The zero-order chi connectivity index (χ0) is 13.9. The lowest BCUT2D eigenvalue weighted by atomic mass is 10.2. The number of nitrogens with zero attached hydrogens (tertiary/aromatic N) is 2. The van der Waals surface area contributed by atoms with Crippen molar-refractivity contribution >= 4 is 23.1 Å². The van der Waals surface area contributed by atoms with Crippen molar-refractivity contribution in [3.63, 3.8) is 0 Å². The Hall–Kier alpha value is -2.39. The van der Waals surface area contributed by atoms with E-state index in [0.29, 0.717) is 5.52 Å². The smallest absolute Gasteiger partial charge is 0.204 e. The number of halogens is 1. The van der Waals surface area contributed by atoms with Crippen LogP contribution in [0.4, 0.5) is 0 Å². The van der Waals surface area contributed by atoms with Crippen LogP contribution in [-0.2, 0) is 7.05 Å². The molecule has 1 N–H and O–H groups in total. The second-order valence-corrected chi connectivity index (χ2v) is 4.65. The SMILES string of the molecule is C[n+]1ccccc1C=Cc1ccc2cccc(O)c2n1.[Cl-]. The summed E-state index contributed by atoms with van der Waals surface area (Å²) in [7, 11) is 2.00. The van der Waals surface area contributed by atoms with Crippen LogP contribution in [0.1, 0.15) is 11.4 Å². The Kier molecular flexibility index (Phi) is 4.55. The number of rotatable bonds is 2. The number of aromatic hydroxyl groups is 1. The van der Waals surface area contributed by atoms with Crippen LogP contribution < -0.4 is 17.0 Å². The molecule has 0 aliphatic rings. The number of hydrogen-bond acceptors (Lipinski definition) is 2. The minimum Gasteiger partial charge on any atom is -1.00 e. The minimum atomic E-state index is 0. The van der Waals surface area contributed by atoms with E-state index < -0.39 is 0 Å². The lowest BCUT2D eigenvalue weighted by Gasteiger charge is -2.01. The topological polar surface area (TPSA) is 37.0 Å². The standard InChI is InChI=1S/C17H14N2O.ClH/c1-19-12-3-2-6-15(19)11-10-14-9-8-13-5-4-7-16(20)17(13)18-14;/h2-12H,1H3;1H. The van der Waals surface area contributed by atoms with Crippen LogP contribution in [0.3, 0.4) is 0 Å². The second-order valence-electron chi connectivity index (χ2n) is 4.65. The van der Waals surface area contributed by atoms with Crippen LogP contribution in [0.15, 0.2) is 54.7 Å². The fourth-order valence-electron chi connectivity index (χ4n) is 2.12. The van der Waals surface area contributed by atoms with Crippen LogP contribution in [0, 0.1) is 0 Å². The van der Waals surface area contributed by atoms with Gasteiger partial charge in [-0.05, 0) is 24.3 Å². The van der Waals surface area contributed by atoms with E-state index in [1.54, 1.807) is 6.07 Å². The number of aryl methyl sites for hydroxylation is 1. The Balaban J connectivity index is 0.00000161. The number of aromatic nitrogens is 2. The molecule has 3 nitrogen and oxygen atoms in total. The van der Waals surface area contributed by atoms with Crippen molar-refractivity contribution in [2.75, 3.05) is 0 Å². The highest BCUT2D eigenvalue weighted by Gasteiger charge is 2.02. The van der Waals surface area contributed by atoms with Crippen LogP contribution in [0.25, 0.3) is 23.1 Å². The zero-order valence-corrected chi connectivity index (χ0v) is 12.3. The minimum absolute atomic E-state index is 0. The predicted molar refractivity (Wildman–Crippen MR) is 80.0 cm³/mol. The van der Waals surface area contributed by atoms with Crippen molar-refractivity contribution in [2.45, 2.75) is 0 Å². The van der Waals surface area contributed by atoms with Gasteiger partial charge in [0.05, 0.1) is 5.69 Å². The van der Waals surface area contributed by atoms with E-state index in [1.165, 1.54) is 0 Å². The molecule has 0 radical (unpaired) electrons. The van der Waals surface area contributed by atoms with E-state index in [2.05, 4.69) is 4.98 Å². The second kappa shape index (κ2) is 6.37. The Morgan fingerprint density at radius 1 is 1.00 bits per heavy atom. The summed E-state index contributed by atoms with van der Waals surface area (Å²) >= 11 is 0. The number of para-hydroxylation sites is 1. The molecule has 2 aromatic heterocycles. The van der Waals surface area contributed by atoms with E-state index in [0.717, 1.165) is 16.8 Å². The first-order chi connectivity index (χ1) is 9.74. The van der Waals surface area contributed by atoms with E-state index in [-0.39, 0.29) is 18.2 Å². The summed E-state index contributed by atoms with van der Waals surface area (Å²) in [5, 5.41) is 10.8. The van der Waals surface area contributed by atoms with Crippen molar-refractivity contribution in [1.29, 1.82) is 0 Å². The Morgan fingerprint density at radius 2 is 1.86 bits per heavy atom. The van der Waals surface area contributed by atoms with Gasteiger partial charge in [0.15, 0.2) is 6.20 Å². The molecule has 4 heteroatoms. The third kappa shape index (κ3) is 3.20. The van der Waals surface area contributed by atoms with Gasteiger partial charge in [-0.3, -0.25) is 0 Å². The molecule has 106 valence electrons. The maximum atomic E-state index is 9.83. The normalized spacial score (nSPS) is 10.7. The number of fused-ring (bicyclic) bond motifs is 1. The van der Waals surface area contributed by atoms with Crippen LogP contribution in [-0.4, -0.2) is 10.1 Å². The third-order valence-electron chi connectivity index (χ3n) is 3.24. The van der Waals surface area contributed by atoms with Crippen molar-refractivity contribution < 1.29 is 22.1 Å². The molecule has 0 bridgehead atoms. The summed E-state index contributed by atoms with van der Waals surface area (Å²) < 4.78 is 2.04. The van der Waals surface area contributed by atoms with E-state index in [4.69, 9.17) is 0 Å². The molecule has 0 spiro atoms. The van der Waals surface area contributed by atoms with Gasteiger partial charge >= 0.3 is 0 Å². The molecule has 0 amide bonds. The molecule has 3 rings (SSSR count). The number of pyridine rings is 2. The highest BCUT2D eigenvalue weighted by Crippen LogP contribution is 2.22. The maximum absolute atomic E-state index is 9.83. The lowest BCUT2D eigenvalue weighted by molar-refractivity contribution is -0.673. The van der Waals surface area contributed by atoms with Crippen molar-refractivity contribution in [3.8, 4) is 5.75 Å². The summed E-state index contributed by atoms with van der Waals surface area (Å²) in [6.07, 6.45) is 5.95. The highest BCUT2D eigenvalue weighted by atomic mass is 35.5. The number of phenolic OH excluding ortho intramolecular Hbond substituents is 1. The van der Waals surface area contributed by atoms with E-state index >= 15 is 0 Å². The van der Waals surface area contributed by atoms with Crippen LogP contribution >= 0.6 is 0 Å². The molecule has 0 unspecified atom stereocenters.